The minimum atomic E-state index is -0.131. The Balaban J connectivity index is 2.98. The number of halogens is 2. The van der Waals surface area contributed by atoms with Crippen molar-refractivity contribution >= 4 is 23.2 Å². The van der Waals surface area contributed by atoms with Gasteiger partial charge in [-0.25, -0.2) is 0 Å². The van der Waals surface area contributed by atoms with Gasteiger partial charge < -0.3 is 16.2 Å². The maximum absolute atomic E-state index is 6.05. The van der Waals surface area contributed by atoms with Crippen molar-refractivity contribution in [2.45, 2.75) is 12.5 Å². The summed E-state index contributed by atoms with van der Waals surface area (Å²) in [5.41, 5.74) is 12.0. The quantitative estimate of drug-likeness (QED) is 0.855. The maximum Gasteiger partial charge on any atom is 0.121 e. The molecule has 1 atom stereocenters. The third kappa shape index (κ3) is 3.24. The molecule has 0 aromatic heterocycles. The van der Waals surface area contributed by atoms with E-state index in [1.54, 1.807) is 19.2 Å². The largest absolute Gasteiger partial charge is 0.497 e. The molecule has 5 heteroatoms. The van der Waals surface area contributed by atoms with E-state index in [1.807, 2.05) is 0 Å². The average molecular weight is 249 g/mol. The van der Waals surface area contributed by atoms with Crippen molar-refractivity contribution in [1.29, 1.82) is 0 Å². The van der Waals surface area contributed by atoms with Gasteiger partial charge in [0.1, 0.15) is 5.75 Å². The van der Waals surface area contributed by atoms with Gasteiger partial charge in [-0.05, 0) is 24.1 Å². The molecule has 0 fully saturated rings. The first kappa shape index (κ1) is 12.6. The predicted octanol–water partition coefficient (Wildman–Crippen LogP) is 1.83. The Hall–Kier alpha value is -0.480. The summed E-state index contributed by atoms with van der Waals surface area (Å²) < 4.78 is 5.04. The summed E-state index contributed by atoms with van der Waals surface area (Å²) in [7, 11) is 1.56. The fourth-order valence-corrected chi connectivity index (χ4v) is 1.86. The van der Waals surface area contributed by atoms with Gasteiger partial charge in [-0.1, -0.05) is 23.2 Å². The fourth-order valence-electron chi connectivity index (χ4n) is 1.24. The fraction of sp³-hybridized carbons (Fsp3) is 0.400. The second-order valence-corrected chi connectivity index (χ2v) is 4.08. The molecular weight excluding hydrogens is 235 g/mol. The van der Waals surface area contributed by atoms with Crippen molar-refractivity contribution in [2.75, 3.05) is 13.7 Å². The van der Waals surface area contributed by atoms with Crippen LogP contribution in [0.1, 0.15) is 5.56 Å². The first-order valence-electron chi connectivity index (χ1n) is 4.56. The van der Waals surface area contributed by atoms with E-state index in [0.29, 0.717) is 28.8 Å². The Kier molecular flexibility index (Phi) is 4.67. The second kappa shape index (κ2) is 5.56. The van der Waals surface area contributed by atoms with Crippen LogP contribution in [0.5, 0.6) is 5.75 Å². The molecule has 4 N–H and O–H groups in total. The van der Waals surface area contributed by atoms with E-state index < -0.39 is 0 Å². The molecule has 1 aromatic carbocycles. The van der Waals surface area contributed by atoms with Crippen molar-refractivity contribution in [3.63, 3.8) is 0 Å². The van der Waals surface area contributed by atoms with E-state index in [2.05, 4.69) is 0 Å². The highest BCUT2D eigenvalue weighted by Crippen LogP contribution is 2.30. The van der Waals surface area contributed by atoms with Crippen LogP contribution in [0, 0.1) is 0 Å². The molecule has 0 spiro atoms. The number of hydrogen-bond donors (Lipinski definition) is 2. The summed E-state index contributed by atoms with van der Waals surface area (Å²) in [4.78, 5) is 0. The molecule has 0 aliphatic carbocycles. The van der Waals surface area contributed by atoms with Crippen molar-refractivity contribution < 1.29 is 4.74 Å². The molecule has 3 nitrogen and oxygen atoms in total. The number of hydrogen-bond acceptors (Lipinski definition) is 3. The van der Waals surface area contributed by atoms with Crippen LogP contribution < -0.4 is 16.2 Å². The zero-order valence-corrected chi connectivity index (χ0v) is 9.98. The highest BCUT2D eigenvalue weighted by atomic mass is 35.5. The zero-order valence-electron chi connectivity index (χ0n) is 8.47. The molecule has 0 aliphatic rings. The van der Waals surface area contributed by atoms with Gasteiger partial charge in [-0.2, -0.15) is 0 Å². The second-order valence-electron chi connectivity index (χ2n) is 3.27. The van der Waals surface area contributed by atoms with Crippen LogP contribution in [-0.2, 0) is 6.42 Å². The van der Waals surface area contributed by atoms with E-state index in [-0.39, 0.29) is 6.04 Å². The monoisotopic (exact) mass is 248 g/mol. The molecule has 1 rings (SSSR count). The first-order chi connectivity index (χ1) is 7.08. The molecule has 0 amide bonds. The van der Waals surface area contributed by atoms with Gasteiger partial charge in [0, 0.05) is 22.6 Å². The summed E-state index contributed by atoms with van der Waals surface area (Å²) in [5, 5.41) is 1.12. The standard InChI is InChI=1S/C10H14Cl2N2O/c1-15-7-3-9(11)8(10(12)4-7)2-6(14)5-13/h3-4,6H,2,5,13-14H2,1H3. The molecule has 0 aliphatic heterocycles. The maximum atomic E-state index is 6.05. The highest BCUT2D eigenvalue weighted by Gasteiger charge is 2.11. The zero-order chi connectivity index (χ0) is 11.4. The third-order valence-corrected chi connectivity index (χ3v) is 2.79. The van der Waals surface area contributed by atoms with Crippen LogP contribution in [0.3, 0.4) is 0 Å². The molecule has 0 radical (unpaired) electrons. The van der Waals surface area contributed by atoms with E-state index in [0.717, 1.165) is 5.56 Å². The highest BCUT2D eigenvalue weighted by molar-refractivity contribution is 6.36. The van der Waals surface area contributed by atoms with Gasteiger partial charge >= 0.3 is 0 Å². The van der Waals surface area contributed by atoms with Crippen LogP contribution in [-0.4, -0.2) is 19.7 Å². The lowest BCUT2D eigenvalue weighted by Gasteiger charge is -2.13. The van der Waals surface area contributed by atoms with Crippen LogP contribution >= 0.6 is 23.2 Å². The third-order valence-electron chi connectivity index (χ3n) is 2.12. The SMILES string of the molecule is COc1cc(Cl)c(CC(N)CN)c(Cl)c1. The van der Waals surface area contributed by atoms with Crippen LogP contribution in [0.4, 0.5) is 0 Å². The van der Waals surface area contributed by atoms with Crippen LogP contribution in [0.15, 0.2) is 12.1 Å². The average Bonchev–Trinajstić information content (AvgIpc) is 2.22. The molecule has 0 saturated carbocycles. The van der Waals surface area contributed by atoms with Gasteiger partial charge in [0.2, 0.25) is 0 Å². The van der Waals surface area contributed by atoms with Gasteiger partial charge in [0.25, 0.3) is 0 Å². The lowest BCUT2D eigenvalue weighted by molar-refractivity contribution is 0.414. The Morgan fingerprint density at radius 2 is 1.87 bits per heavy atom. The van der Waals surface area contributed by atoms with Crippen LogP contribution in [0.25, 0.3) is 0 Å². The van der Waals surface area contributed by atoms with Gasteiger partial charge in [-0.15, -0.1) is 0 Å². The summed E-state index contributed by atoms with van der Waals surface area (Å²) >= 11 is 12.1. The lowest BCUT2D eigenvalue weighted by atomic mass is 10.1. The van der Waals surface area contributed by atoms with E-state index in [1.165, 1.54) is 0 Å². The molecular formula is C10H14Cl2N2O. The molecule has 15 heavy (non-hydrogen) atoms. The Morgan fingerprint density at radius 3 is 2.27 bits per heavy atom. The van der Waals surface area contributed by atoms with Crippen molar-refractivity contribution in [2.24, 2.45) is 11.5 Å². The number of rotatable bonds is 4. The summed E-state index contributed by atoms with van der Waals surface area (Å²) in [5.74, 6) is 0.634. The molecule has 84 valence electrons. The molecule has 0 bridgehead atoms. The number of methoxy groups -OCH3 is 1. The van der Waals surface area contributed by atoms with Crippen LogP contribution in [0.2, 0.25) is 10.0 Å². The van der Waals surface area contributed by atoms with Crippen molar-refractivity contribution in [1.82, 2.24) is 0 Å². The summed E-state index contributed by atoms with van der Waals surface area (Å²) in [6.07, 6.45) is 0.568. The normalized spacial score (nSPS) is 12.6. The topological polar surface area (TPSA) is 61.3 Å². The Morgan fingerprint density at radius 1 is 1.33 bits per heavy atom. The van der Waals surface area contributed by atoms with Gasteiger partial charge in [-0.3, -0.25) is 0 Å². The van der Waals surface area contributed by atoms with E-state index in [9.17, 15) is 0 Å². The molecule has 1 aromatic rings. The molecule has 0 saturated heterocycles. The Bertz CT molecular complexity index is 321. The van der Waals surface area contributed by atoms with E-state index in [4.69, 9.17) is 39.4 Å². The number of nitrogens with two attached hydrogens (primary N) is 2. The minimum absolute atomic E-state index is 0.131. The molecule has 1 unspecified atom stereocenters. The predicted molar refractivity (Wildman–Crippen MR) is 63.7 cm³/mol. The van der Waals surface area contributed by atoms with Gasteiger partial charge in [0.05, 0.1) is 7.11 Å². The molecule has 0 heterocycles. The first-order valence-corrected chi connectivity index (χ1v) is 5.31. The smallest absolute Gasteiger partial charge is 0.121 e. The van der Waals surface area contributed by atoms with Crippen molar-refractivity contribution in [3.8, 4) is 5.75 Å². The van der Waals surface area contributed by atoms with Gasteiger partial charge in [0.15, 0.2) is 0 Å². The lowest BCUT2D eigenvalue weighted by Crippen LogP contribution is -2.31. The minimum Gasteiger partial charge on any atom is -0.497 e. The summed E-state index contributed by atoms with van der Waals surface area (Å²) in [6.45, 7) is 0.401. The van der Waals surface area contributed by atoms with Crippen molar-refractivity contribution in [3.05, 3.63) is 27.7 Å². The number of ether oxygens (including phenoxy) is 1. The summed E-state index contributed by atoms with van der Waals surface area (Å²) in [6, 6.07) is 3.30. The van der Waals surface area contributed by atoms with E-state index >= 15 is 0 Å². The number of benzene rings is 1. The Labute approximate surface area is 99.3 Å².